The van der Waals surface area contributed by atoms with Gasteiger partial charge in [-0.2, -0.15) is 0 Å². The van der Waals surface area contributed by atoms with Crippen molar-refractivity contribution in [1.82, 2.24) is 4.90 Å². The van der Waals surface area contributed by atoms with Crippen LogP contribution >= 0.6 is 0 Å². The second kappa shape index (κ2) is 8.88. The van der Waals surface area contributed by atoms with E-state index in [0.29, 0.717) is 17.9 Å². The molecule has 2 aromatic carbocycles. The number of ketones is 1. The second-order valence-electron chi connectivity index (χ2n) is 6.85. The van der Waals surface area contributed by atoms with Gasteiger partial charge in [0.1, 0.15) is 24.2 Å². The fourth-order valence-electron chi connectivity index (χ4n) is 3.20. The average molecular weight is 370 g/mol. The lowest BCUT2D eigenvalue weighted by Gasteiger charge is -2.36. The largest absolute Gasteiger partial charge is 0.508 e. The lowest BCUT2D eigenvalue weighted by atomic mass is 10.1. The number of β-amino-alcohol motifs (C(OH)–C–C–N with tert-alkyl or cyclic N) is 1. The number of aromatic hydroxyl groups is 1. The van der Waals surface area contributed by atoms with Crippen LogP contribution in [0.15, 0.2) is 48.5 Å². The number of rotatable bonds is 7. The standard InChI is InChI=1S/C21H26N2O4/c1-16(24)17-3-2-4-21(13-17)27-15-20(26)14-22-9-11-23(12-10-22)18-5-7-19(25)8-6-18/h2-8,13,20,25-26H,9-12,14-15H2,1H3. The van der Waals surface area contributed by atoms with Crippen molar-refractivity contribution in [2.24, 2.45) is 0 Å². The fourth-order valence-corrected chi connectivity index (χ4v) is 3.20. The number of carbonyl (C=O) groups is 1. The predicted molar refractivity (Wildman–Crippen MR) is 105 cm³/mol. The number of carbonyl (C=O) groups excluding carboxylic acids is 1. The molecule has 1 fully saturated rings. The Hall–Kier alpha value is -2.57. The molecule has 144 valence electrons. The smallest absolute Gasteiger partial charge is 0.159 e. The Balaban J connectivity index is 1.43. The number of Topliss-reactive ketones (excluding diaryl/α,β-unsaturated/α-hetero) is 1. The van der Waals surface area contributed by atoms with Crippen molar-refractivity contribution in [3.63, 3.8) is 0 Å². The predicted octanol–water partition coefficient (Wildman–Crippen LogP) is 2.16. The van der Waals surface area contributed by atoms with E-state index in [2.05, 4.69) is 9.80 Å². The summed E-state index contributed by atoms with van der Waals surface area (Å²) in [5.74, 6) is 0.862. The summed E-state index contributed by atoms with van der Waals surface area (Å²) in [5.41, 5.74) is 1.70. The first-order valence-electron chi connectivity index (χ1n) is 9.19. The summed E-state index contributed by atoms with van der Waals surface area (Å²) >= 11 is 0. The van der Waals surface area contributed by atoms with Crippen molar-refractivity contribution in [2.75, 3.05) is 44.2 Å². The van der Waals surface area contributed by atoms with Crippen LogP contribution in [-0.4, -0.2) is 66.3 Å². The van der Waals surface area contributed by atoms with Gasteiger partial charge in [-0.3, -0.25) is 9.69 Å². The van der Waals surface area contributed by atoms with Gasteiger partial charge < -0.3 is 19.8 Å². The van der Waals surface area contributed by atoms with Crippen LogP contribution < -0.4 is 9.64 Å². The van der Waals surface area contributed by atoms with E-state index in [-0.39, 0.29) is 18.1 Å². The molecule has 0 amide bonds. The second-order valence-corrected chi connectivity index (χ2v) is 6.85. The lowest BCUT2D eigenvalue weighted by Crippen LogP contribution is -2.49. The summed E-state index contributed by atoms with van der Waals surface area (Å²) < 4.78 is 5.64. The molecule has 6 nitrogen and oxygen atoms in total. The SMILES string of the molecule is CC(=O)c1cccc(OCC(O)CN2CCN(c3ccc(O)cc3)CC2)c1. The zero-order valence-corrected chi connectivity index (χ0v) is 15.5. The normalized spacial score (nSPS) is 16.1. The van der Waals surface area contributed by atoms with Crippen LogP contribution in [0.4, 0.5) is 5.69 Å². The minimum atomic E-state index is -0.591. The summed E-state index contributed by atoms with van der Waals surface area (Å²) in [4.78, 5) is 15.9. The van der Waals surface area contributed by atoms with Crippen molar-refractivity contribution in [3.8, 4) is 11.5 Å². The van der Waals surface area contributed by atoms with Crippen molar-refractivity contribution in [3.05, 3.63) is 54.1 Å². The minimum Gasteiger partial charge on any atom is -0.508 e. The summed E-state index contributed by atoms with van der Waals surface area (Å²) in [5, 5.41) is 19.7. The summed E-state index contributed by atoms with van der Waals surface area (Å²) in [7, 11) is 0. The van der Waals surface area contributed by atoms with E-state index in [0.717, 1.165) is 31.9 Å². The number of hydrogen-bond donors (Lipinski definition) is 2. The quantitative estimate of drug-likeness (QED) is 0.728. The Bertz CT molecular complexity index is 755. The number of hydrogen-bond acceptors (Lipinski definition) is 6. The van der Waals surface area contributed by atoms with E-state index in [4.69, 9.17) is 4.74 Å². The van der Waals surface area contributed by atoms with E-state index < -0.39 is 6.10 Å². The fraction of sp³-hybridized carbons (Fsp3) is 0.381. The zero-order chi connectivity index (χ0) is 19.2. The Labute approximate surface area is 159 Å². The number of phenols is 1. The van der Waals surface area contributed by atoms with Crippen LogP contribution in [0.1, 0.15) is 17.3 Å². The maximum Gasteiger partial charge on any atom is 0.159 e. The van der Waals surface area contributed by atoms with Crippen molar-refractivity contribution in [2.45, 2.75) is 13.0 Å². The van der Waals surface area contributed by atoms with Crippen LogP contribution in [0.2, 0.25) is 0 Å². The number of benzene rings is 2. The molecule has 2 N–H and O–H groups in total. The Morgan fingerprint density at radius 1 is 1.11 bits per heavy atom. The number of aliphatic hydroxyl groups is 1. The van der Waals surface area contributed by atoms with Crippen molar-refractivity contribution < 1.29 is 19.7 Å². The highest BCUT2D eigenvalue weighted by molar-refractivity contribution is 5.94. The molecule has 1 heterocycles. The third kappa shape index (κ3) is 5.45. The van der Waals surface area contributed by atoms with Gasteiger partial charge in [0.05, 0.1) is 0 Å². The first kappa shape index (κ1) is 19.2. The molecule has 1 saturated heterocycles. The van der Waals surface area contributed by atoms with Crippen LogP contribution in [0.25, 0.3) is 0 Å². The van der Waals surface area contributed by atoms with Gasteiger partial charge in [-0.15, -0.1) is 0 Å². The van der Waals surface area contributed by atoms with Gasteiger partial charge in [0.25, 0.3) is 0 Å². The molecule has 27 heavy (non-hydrogen) atoms. The van der Waals surface area contributed by atoms with Gasteiger partial charge in [0.2, 0.25) is 0 Å². The lowest BCUT2D eigenvalue weighted by molar-refractivity contribution is 0.0663. The highest BCUT2D eigenvalue weighted by Gasteiger charge is 2.20. The maximum atomic E-state index is 11.4. The zero-order valence-electron chi connectivity index (χ0n) is 15.5. The summed E-state index contributed by atoms with van der Waals surface area (Å²) in [6.45, 7) is 5.73. The van der Waals surface area contributed by atoms with Crippen LogP contribution in [0, 0.1) is 0 Å². The maximum absolute atomic E-state index is 11.4. The van der Waals surface area contributed by atoms with Gasteiger partial charge in [-0.25, -0.2) is 0 Å². The third-order valence-corrected chi connectivity index (χ3v) is 4.74. The molecular weight excluding hydrogens is 344 g/mol. The van der Waals surface area contributed by atoms with Gasteiger partial charge in [-0.05, 0) is 43.3 Å². The van der Waals surface area contributed by atoms with Crippen molar-refractivity contribution >= 4 is 11.5 Å². The average Bonchev–Trinajstić information content (AvgIpc) is 2.68. The van der Waals surface area contributed by atoms with E-state index in [1.54, 1.807) is 36.4 Å². The Morgan fingerprint density at radius 2 is 1.81 bits per heavy atom. The van der Waals surface area contributed by atoms with Gasteiger partial charge in [0.15, 0.2) is 5.78 Å². The van der Waals surface area contributed by atoms with E-state index >= 15 is 0 Å². The molecule has 2 aromatic rings. The van der Waals surface area contributed by atoms with E-state index in [1.807, 2.05) is 12.1 Å². The molecule has 1 aliphatic heterocycles. The van der Waals surface area contributed by atoms with Gasteiger partial charge in [0, 0.05) is 44.0 Å². The first-order chi connectivity index (χ1) is 13.0. The topological polar surface area (TPSA) is 73.2 Å². The number of anilines is 1. The van der Waals surface area contributed by atoms with E-state index in [9.17, 15) is 15.0 Å². The summed E-state index contributed by atoms with van der Waals surface area (Å²) in [6.07, 6.45) is -0.591. The number of piperazine rings is 1. The van der Waals surface area contributed by atoms with Crippen LogP contribution in [-0.2, 0) is 0 Å². The highest BCUT2D eigenvalue weighted by Crippen LogP contribution is 2.20. The molecule has 0 saturated carbocycles. The molecule has 0 aliphatic carbocycles. The highest BCUT2D eigenvalue weighted by atomic mass is 16.5. The Kier molecular flexibility index (Phi) is 6.32. The van der Waals surface area contributed by atoms with Crippen LogP contribution in [0.5, 0.6) is 11.5 Å². The first-order valence-corrected chi connectivity index (χ1v) is 9.19. The van der Waals surface area contributed by atoms with Gasteiger partial charge in [-0.1, -0.05) is 12.1 Å². The number of nitrogens with zero attached hydrogens (tertiary/aromatic N) is 2. The van der Waals surface area contributed by atoms with Gasteiger partial charge >= 0.3 is 0 Å². The molecule has 1 atom stereocenters. The molecular formula is C21H26N2O4. The number of phenolic OH excluding ortho intramolecular Hbond substituents is 1. The molecule has 0 bridgehead atoms. The molecule has 3 rings (SSSR count). The van der Waals surface area contributed by atoms with E-state index in [1.165, 1.54) is 6.92 Å². The molecule has 1 aliphatic rings. The molecule has 0 radical (unpaired) electrons. The number of ether oxygens (including phenoxy) is 1. The van der Waals surface area contributed by atoms with Crippen molar-refractivity contribution in [1.29, 1.82) is 0 Å². The number of aliphatic hydroxyl groups excluding tert-OH is 1. The molecule has 0 spiro atoms. The Morgan fingerprint density at radius 3 is 2.48 bits per heavy atom. The van der Waals surface area contributed by atoms with Crippen LogP contribution in [0.3, 0.4) is 0 Å². The summed E-state index contributed by atoms with van der Waals surface area (Å²) in [6, 6.07) is 14.3. The third-order valence-electron chi connectivity index (χ3n) is 4.74. The minimum absolute atomic E-state index is 0.00695. The molecule has 1 unspecified atom stereocenters. The monoisotopic (exact) mass is 370 g/mol. The molecule has 0 aromatic heterocycles. The molecule has 6 heteroatoms.